The number of benzene rings is 10. The van der Waals surface area contributed by atoms with Crippen molar-refractivity contribution in [3.05, 3.63) is 235 Å². The first-order valence-corrected chi connectivity index (χ1v) is 26.6. The van der Waals surface area contributed by atoms with E-state index in [1.54, 1.807) is 0 Å². The molecule has 10 aromatic carbocycles. The molecule has 76 heavy (non-hydrogen) atoms. The summed E-state index contributed by atoms with van der Waals surface area (Å²) in [6.45, 7) is 30.4. The molecule has 0 saturated carbocycles. The van der Waals surface area contributed by atoms with E-state index in [0.717, 1.165) is 76.5 Å². The summed E-state index contributed by atoms with van der Waals surface area (Å²) in [6, 6.07) is 50.8. The van der Waals surface area contributed by atoms with Crippen LogP contribution in [0.4, 0.5) is 0 Å². The Kier molecular flexibility index (Phi) is 13.1. The first kappa shape index (κ1) is 51.2. The van der Waals surface area contributed by atoms with E-state index in [-0.39, 0.29) is 22.4 Å². The molecule has 0 radical (unpaired) electrons. The maximum Gasteiger partial charge on any atom is 0.194 e. The lowest BCUT2D eigenvalue weighted by Crippen LogP contribution is -2.12. The number of fused-ring (bicyclic) bond motifs is 4. The zero-order chi connectivity index (χ0) is 54.1. The largest absolute Gasteiger partial charge is 0.289 e. The lowest BCUT2D eigenvalue weighted by Gasteiger charge is -2.24. The summed E-state index contributed by atoms with van der Waals surface area (Å²) in [6.07, 6.45) is 0. The Morgan fingerprint density at radius 1 is 0.303 bits per heavy atom. The third kappa shape index (κ3) is 9.01. The highest BCUT2D eigenvalue weighted by Gasteiger charge is 2.28. The minimum atomic E-state index is 0.00269. The Labute approximate surface area is 450 Å². The second kappa shape index (κ2) is 19.4. The Morgan fingerprint density at radius 2 is 0.539 bits per heavy atom. The fourth-order valence-corrected chi connectivity index (χ4v) is 12.1. The molecule has 10 aromatic rings. The van der Waals surface area contributed by atoms with E-state index in [1.165, 1.54) is 55.6 Å². The zero-order valence-corrected chi connectivity index (χ0v) is 46.7. The molecule has 0 fully saturated rings. The third-order valence-corrected chi connectivity index (χ3v) is 15.6. The lowest BCUT2D eigenvalue weighted by molar-refractivity contribution is 0.103. The van der Waals surface area contributed by atoms with Gasteiger partial charge in [0.2, 0.25) is 0 Å². The highest BCUT2D eigenvalue weighted by molar-refractivity contribution is 6.30. The summed E-state index contributed by atoms with van der Waals surface area (Å²) < 4.78 is 0. The van der Waals surface area contributed by atoms with Crippen LogP contribution in [0.25, 0.3) is 65.3 Å². The van der Waals surface area contributed by atoms with Crippen LogP contribution in [0.3, 0.4) is 0 Å². The van der Waals surface area contributed by atoms with Crippen LogP contribution in [-0.4, -0.2) is 11.6 Å². The van der Waals surface area contributed by atoms with Gasteiger partial charge in [-0.15, -0.1) is 0 Å². The van der Waals surface area contributed by atoms with Gasteiger partial charge in [-0.3, -0.25) is 9.59 Å². The molecule has 0 spiro atoms. The fraction of sp³-hybridized carbons (Fsp3) is 0.216. The van der Waals surface area contributed by atoms with Crippen LogP contribution in [0.1, 0.15) is 140 Å². The Bertz CT molecular complexity index is 3770. The molecule has 0 aliphatic rings. The van der Waals surface area contributed by atoms with Crippen molar-refractivity contribution < 1.29 is 9.59 Å². The Hall–Kier alpha value is -8.30. The number of hydrogen-bond acceptors (Lipinski definition) is 2. The maximum atomic E-state index is 15.1. The maximum absolute atomic E-state index is 15.1. The predicted molar refractivity (Wildman–Crippen MR) is 323 cm³/mol. The van der Waals surface area contributed by atoms with E-state index < -0.39 is 0 Å². The molecule has 0 saturated heterocycles. The topological polar surface area (TPSA) is 34.1 Å². The molecule has 0 atom stereocenters. The van der Waals surface area contributed by atoms with Crippen molar-refractivity contribution in [1.29, 1.82) is 0 Å². The number of ketones is 2. The Balaban J connectivity index is 0.969. The molecule has 10 rings (SSSR count). The van der Waals surface area contributed by atoms with E-state index in [0.29, 0.717) is 22.3 Å². The van der Waals surface area contributed by atoms with Crippen molar-refractivity contribution in [2.45, 2.75) is 108 Å². The summed E-state index contributed by atoms with van der Waals surface area (Å²) in [5, 5.41) is 8.05. The van der Waals surface area contributed by atoms with Crippen molar-refractivity contribution in [1.82, 2.24) is 0 Å². The van der Waals surface area contributed by atoms with Gasteiger partial charge in [0.15, 0.2) is 11.6 Å². The molecular formula is C74H66O2. The van der Waals surface area contributed by atoms with Crippen LogP contribution in [0, 0.1) is 79.1 Å². The van der Waals surface area contributed by atoms with Gasteiger partial charge in [-0.2, -0.15) is 0 Å². The van der Waals surface area contributed by atoms with Gasteiger partial charge in [0.1, 0.15) is 0 Å². The molecule has 0 heterocycles. The highest BCUT2D eigenvalue weighted by atomic mass is 16.1. The van der Waals surface area contributed by atoms with Crippen LogP contribution in [0.5, 0.6) is 0 Å². The van der Waals surface area contributed by atoms with Gasteiger partial charge in [0.05, 0.1) is 0 Å². The van der Waals surface area contributed by atoms with Gasteiger partial charge < -0.3 is 0 Å². The number of hydrogen-bond donors (Lipinski definition) is 0. The standard InChI is InChI=1S/C74H66O2/c1-43-35-51(36-44(2)65(43)71(75)69-59-31-21-17-27-55(59)67(56-28-18-22-32-60(56)69)63-47(5)39-53(40-48(63)6)73(9,10)11)25-15-16-26-52-37-45(3)66(46(4)38-52)72(76)70-61-33-23-19-29-57(61)68(58-30-20-24-34-62(58)70)64-49(7)41-54(42-50(64)8)74(12,13)14/h17-24,27-42H,1-14H3. The summed E-state index contributed by atoms with van der Waals surface area (Å²) in [4.78, 5) is 30.3. The molecule has 0 unspecified atom stereocenters. The van der Waals surface area contributed by atoms with Crippen LogP contribution < -0.4 is 0 Å². The summed E-state index contributed by atoms with van der Waals surface area (Å²) in [7, 11) is 0. The molecule has 0 aromatic heterocycles. The molecular weight excluding hydrogens is 921 g/mol. The molecule has 2 heteroatoms. The monoisotopic (exact) mass is 987 g/mol. The van der Waals surface area contributed by atoms with Crippen molar-refractivity contribution in [3.8, 4) is 45.9 Å². The molecule has 0 amide bonds. The minimum absolute atomic E-state index is 0.00269. The van der Waals surface area contributed by atoms with E-state index in [4.69, 9.17) is 0 Å². The van der Waals surface area contributed by atoms with E-state index in [2.05, 4.69) is 190 Å². The normalized spacial score (nSPS) is 11.7. The molecule has 0 N–H and O–H groups in total. The number of rotatable bonds is 6. The summed E-state index contributed by atoms with van der Waals surface area (Å²) in [5.41, 5.74) is 20.2. The van der Waals surface area contributed by atoms with Gasteiger partial charge in [-0.05, 0) is 223 Å². The van der Waals surface area contributed by atoms with Crippen LogP contribution >= 0.6 is 0 Å². The Morgan fingerprint density at radius 3 is 0.776 bits per heavy atom. The van der Waals surface area contributed by atoms with Crippen molar-refractivity contribution in [3.63, 3.8) is 0 Å². The molecule has 374 valence electrons. The van der Waals surface area contributed by atoms with Crippen LogP contribution in [-0.2, 0) is 10.8 Å². The van der Waals surface area contributed by atoms with Crippen LogP contribution in [0.15, 0.2) is 146 Å². The van der Waals surface area contributed by atoms with Crippen molar-refractivity contribution in [2.24, 2.45) is 0 Å². The van der Waals surface area contributed by atoms with E-state index in [1.807, 2.05) is 76.2 Å². The quantitative estimate of drug-likeness (QED) is 0.0945. The SMILES string of the molecule is Cc1cc(C#CC#Cc2cc(C)c(C(=O)c3c4ccccc4c(-c4c(C)cc(C(C)(C)C)cc4C)c4ccccc34)c(C)c2)cc(C)c1C(=O)c1c2ccccc2c(-c2c(C)cc(C(C)(C)C)cc2C)c2ccccc12. The van der Waals surface area contributed by atoms with Gasteiger partial charge >= 0.3 is 0 Å². The zero-order valence-electron chi connectivity index (χ0n) is 46.7. The van der Waals surface area contributed by atoms with Gasteiger partial charge in [-0.25, -0.2) is 0 Å². The molecule has 2 nitrogen and oxygen atoms in total. The lowest BCUT2D eigenvalue weighted by atomic mass is 9.79. The smallest absolute Gasteiger partial charge is 0.194 e. The highest BCUT2D eigenvalue weighted by Crippen LogP contribution is 2.46. The van der Waals surface area contributed by atoms with Gasteiger partial charge in [0, 0.05) is 33.4 Å². The van der Waals surface area contributed by atoms with Crippen molar-refractivity contribution in [2.75, 3.05) is 0 Å². The number of carbonyl (C=O) groups excluding carboxylic acids is 2. The second-order valence-electron chi connectivity index (χ2n) is 23.3. The van der Waals surface area contributed by atoms with Crippen molar-refractivity contribution >= 4 is 54.7 Å². The first-order valence-electron chi connectivity index (χ1n) is 26.6. The molecule has 0 aliphatic carbocycles. The number of aryl methyl sites for hydroxylation is 8. The fourth-order valence-electron chi connectivity index (χ4n) is 12.1. The van der Waals surface area contributed by atoms with E-state index in [9.17, 15) is 0 Å². The van der Waals surface area contributed by atoms with Crippen LogP contribution in [0.2, 0.25) is 0 Å². The van der Waals surface area contributed by atoms with E-state index >= 15 is 9.59 Å². The van der Waals surface area contributed by atoms with Gasteiger partial charge in [-0.1, -0.05) is 175 Å². The first-order chi connectivity index (χ1) is 36.1. The second-order valence-corrected chi connectivity index (χ2v) is 23.3. The number of carbonyl (C=O) groups is 2. The third-order valence-electron chi connectivity index (χ3n) is 15.6. The summed E-state index contributed by atoms with van der Waals surface area (Å²) in [5.74, 6) is 12.7. The summed E-state index contributed by atoms with van der Waals surface area (Å²) >= 11 is 0. The van der Waals surface area contributed by atoms with Gasteiger partial charge in [0.25, 0.3) is 0 Å². The average molecular weight is 987 g/mol. The predicted octanol–water partition coefficient (Wildman–Crippen LogP) is 18.6. The average Bonchev–Trinajstić information content (AvgIpc) is 3.36. The molecule has 0 bridgehead atoms. The minimum Gasteiger partial charge on any atom is -0.289 e. The molecule has 0 aliphatic heterocycles.